The van der Waals surface area contributed by atoms with Gasteiger partial charge in [0.1, 0.15) is 5.75 Å². The van der Waals surface area contributed by atoms with E-state index < -0.39 is 6.04 Å². The van der Waals surface area contributed by atoms with Gasteiger partial charge in [-0.15, -0.1) is 0 Å². The van der Waals surface area contributed by atoms with Crippen molar-refractivity contribution in [1.29, 1.82) is 0 Å². The van der Waals surface area contributed by atoms with E-state index >= 15 is 0 Å². The highest BCUT2D eigenvalue weighted by atomic mass is 16.5. The summed E-state index contributed by atoms with van der Waals surface area (Å²) >= 11 is 0. The first-order valence-corrected chi connectivity index (χ1v) is 8.44. The summed E-state index contributed by atoms with van der Waals surface area (Å²) in [7, 11) is 3.05. The van der Waals surface area contributed by atoms with Crippen molar-refractivity contribution in [3.05, 3.63) is 78.4 Å². The molecule has 4 rings (SSSR count). The van der Waals surface area contributed by atoms with Crippen LogP contribution in [0.4, 0.5) is 0 Å². The third-order valence-electron chi connectivity index (χ3n) is 4.73. The van der Waals surface area contributed by atoms with E-state index in [9.17, 15) is 4.79 Å². The first kappa shape index (κ1) is 16.2. The van der Waals surface area contributed by atoms with Crippen LogP contribution in [0.2, 0.25) is 0 Å². The average Bonchev–Trinajstić information content (AvgIpc) is 3.03. The van der Waals surface area contributed by atoms with Gasteiger partial charge >= 0.3 is 5.97 Å². The molecule has 4 heteroatoms. The van der Waals surface area contributed by atoms with Crippen molar-refractivity contribution in [3.63, 3.8) is 0 Å². The number of fused-ring (bicyclic) bond motifs is 3. The van der Waals surface area contributed by atoms with E-state index in [0.717, 1.165) is 33.1 Å². The lowest BCUT2D eigenvalue weighted by molar-refractivity contribution is -0.143. The second-order valence-corrected chi connectivity index (χ2v) is 6.10. The van der Waals surface area contributed by atoms with Gasteiger partial charge in [0.2, 0.25) is 0 Å². The molecule has 0 aliphatic carbocycles. The van der Waals surface area contributed by atoms with Crippen molar-refractivity contribution in [2.75, 3.05) is 14.2 Å². The highest BCUT2D eigenvalue weighted by Crippen LogP contribution is 2.35. The first-order chi connectivity index (χ1) is 12.7. The van der Waals surface area contributed by atoms with E-state index in [1.807, 2.05) is 60.7 Å². The summed E-state index contributed by atoms with van der Waals surface area (Å²) in [6, 6.07) is 23.2. The number of carbonyl (C=O) groups excluding carboxylic acids is 1. The summed E-state index contributed by atoms with van der Waals surface area (Å²) in [6.45, 7) is 0. The largest absolute Gasteiger partial charge is 0.497 e. The molecule has 0 bridgehead atoms. The maximum absolute atomic E-state index is 12.8. The Hall–Kier alpha value is -3.27. The Bertz CT molecular complexity index is 1030. The molecule has 0 saturated carbocycles. The lowest BCUT2D eigenvalue weighted by Crippen LogP contribution is -2.22. The zero-order chi connectivity index (χ0) is 18.1. The van der Waals surface area contributed by atoms with E-state index in [0.29, 0.717) is 0 Å². The number of carbonyl (C=O) groups is 1. The molecule has 0 unspecified atom stereocenters. The van der Waals surface area contributed by atoms with Crippen LogP contribution < -0.4 is 4.74 Å². The van der Waals surface area contributed by atoms with E-state index in [1.165, 1.54) is 7.11 Å². The molecule has 0 radical (unpaired) electrons. The third kappa shape index (κ3) is 2.51. The minimum Gasteiger partial charge on any atom is -0.497 e. The first-order valence-electron chi connectivity index (χ1n) is 8.44. The molecule has 130 valence electrons. The number of rotatable bonds is 4. The van der Waals surface area contributed by atoms with Gasteiger partial charge in [0.15, 0.2) is 6.04 Å². The Balaban J connectivity index is 2.02. The summed E-state index contributed by atoms with van der Waals surface area (Å²) in [4.78, 5) is 12.8. The van der Waals surface area contributed by atoms with Crippen LogP contribution >= 0.6 is 0 Å². The Kier molecular flexibility index (Phi) is 4.09. The van der Waals surface area contributed by atoms with Crippen molar-refractivity contribution in [2.24, 2.45) is 0 Å². The minimum absolute atomic E-state index is 0.304. The molecule has 4 nitrogen and oxygen atoms in total. The lowest BCUT2D eigenvalue weighted by atomic mass is 10.1. The van der Waals surface area contributed by atoms with Crippen LogP contribution in [0.3, 0.4) is 0 Å². The maximum atomic E-state index is 12.8. The fourth-order valence-corrected chi connectivity index (χ4v) is 3.52. The van der Waals surface area contributed by atoms with Crippen LogP contribution in [0.25, 0.3) is 21.8 Å². The Labute approximate surface area is 151 Å². The van der Waals surface area contributed by atoms with Gasteiger partial charge in [0.25, 0.3) is 0 Å². The van der Waals surface area contributed by atoms with E-state index in [1.54, 1.807) is 7.11 Å². The summed E-state index contributed by atoms with van der Waals surface area (Å²) in [6.07, 6.45) is 0. The molecule has 4 aromatic rings. The van der Waals surface area contributed by atoms with Gasteiger partial charge in [0.05, 0.1) is 25.3 Å². The molecule has 0 fully saturated rings. The van der Waals surface area contributed by atoms with Crippen molar-refractivity contribution >= 4 is 27.8 Å². The monoisotopic (exact) mass is 345 g/mol. The average molecular weight is 345 g/mol. The molecule has 0 spiro atoms. The standard InChI is InChI=1S/C22H19NO3/c1-25-16-13-11-15(12-14-16)21(22(24)26-2)23-19-9-5-3-7-17(19)18-8-4-6-10-20(18)23/h3-14,21H,1-2H3/t21-/m1/s1. The topological polar surface area (TPSA) is 40.5 Å². The van der Waals surface area contributed by atoms with Crippen LogP contribution in [0.5, 0.6) is 5.75 Å². The van der Waals surface area contributed by atoms with Crippen LogP contribution in [-0.4, -0.2) is 24.8 Å². The lowest BCUT2D eigenvalue weighted by Gasteiger charge is -2.20. The molecule has 0 amide bonds. The normalized spacial score (nSPS) is 12.2. The van der Waals surface area contributed by atoms with Gasteiger partial charge in [-0.2, -0.15) is 0 Å². The summed E-state index contributed by atoms with van der Waals surface area (Å²) < 4.78 is 12.5. The number of benzene rings is 3. The SMILES string of the molecule is COC(=O)[C@@H](c1ccc(OC)cc1)n1c2ccccc2c2ccccc21. The predicted octanol–water partition coefficient (Wildman–Crippen LogP) is 4.57. The highest BCUT2D eigenvalue weighted by Gasteiger charge is 2.27. The Morgan fingerprint density at radius 1 is 0.808 bits per heavy atom. The fourth-order valence-electron chi connectivity index (χ4n) is 3.52. The zero-order valence-corrected chi connectivity index (χ0v) is 14.7. The molecule has 26 heavy (non-hydrogen) atoms. The van der Waals surface area contributed by atoms with Crippen LogP contribution in [0.1, 0.15) is 11.6 Å². The number of aromatic nitrogens is 1. The maximum Gasteiger partial charge on any atom is 0.333 e. The number of esters is 1. The fraction of sp³-hybridized carbons (Fsp3) is 0.136. The quantitative estimate of drug-likeness (QED) is 0.509. The number of hydrogen-bond acceptors (Lipinski definition) is 3. The van der Waals surface area contributed by atoms with Gasteiger partial charge in [-0.1, -0.05) is 48.5 Å². The van der Waals surface area contributed by atoms with Gasteiger partial charge < -0.3 is 14.0 Å². The summed E-state index contributed by atoms with van der Waals surface area (Å²) in [5.41, 5.74) is 2.85. The molecule has 1 atom stereocenters. The molecule has 0 saturated heterocycles. The molecule has 0 aliphatic rings. The summed E-state index contributed by atoms with van der Waals surface area (Å²) in [5.74, 6) is 0.446. The van der Waals surface area contributed by atoms with Gasteiger partial charge in [-0.05, 0) is 29.8 Å². The van der Waals surface area contributed by atoms with Crippen LogP contribution in [0, 0.1) is 0 Å². The number of methoxy groups -OCH3 is 2. The predicted molar refractivity (Wildman–Crippen MR) is 103 cm³/mol. The highest BCUT2D eigenvalue weighted by molar-refractivity contribution is 6.09. The Morgan fingerprint density at radius 3 is 1.85 bits per heavy atom. The molecular weight excluding hydrogens is 326 g/mol. The zero-order valence-electron chi connectivity index (χ0n) is 14.7. The molecule has 1 heterocycles. The van der Waals surface area contributed by atoms with Crippen molar-refractivity contribution in [2.45, 2.75) is 6.04 Å². The molecule has 0 aliphatic heterocycles. The smallest absolute Gasteiger partial charge is 0.333 e. The second-order valence-electron chi connectivity index (χ2n) is 6.10. The van der Waals surface area contributed by atoms with Gasteiger partial charge in [-0.25, -0.2) is 4.79 Å². The van der Waals surface area contributed by atoms with Gasteiger partial charge in [-0.3, -0.25) is 0 Å². The molecule has 3 aromatic carbocycles. The van der Waals surface area contributed by atoms with Gasteiger partial charge in [0, 0.05) is 10.8 Å². The number of hydrogen-bond donors (Lipinski definition) is 0. The summed E-state index contributed by atoms with van der Waals surface area (Å²) in [5, 5.41) is 2.23. The molecule has 0 N–H and O–H groups in total. The number of para-hydroxylation sites is 2. The van der Waals surface area contributed by atoms with Crippen LogP contribution in [-0.2, 0) is 9.53 Å². The second kappa shape index (κ2) is 6.56. The van der Waals surface area contributed by atoms with Crippen molar-refractivity contribution < 1.29 is 14.3 Å². The molecular formula is C22H19NO3. The van der Waals surface area contributed by atoms with Crippen molar-refractivity contribution in [1.82, 2.24) is 4.57 Å². The third-order valence-corrected chi connectivity index (χ3v) is 4.73. The van der Waals surface area contributed by atoms with E-state index in [-0.39, 0.29) is 5.97 Å². The van der Waals surface area contributed by atoms with E-state index in [4.69, 9.17) is 9.47 Å². The van der Waals surface area contributed by atoms with E-state index in [2.05, 4.69) is 16.7 Å². The number of nitrogens with zero attached hydrogens (tertiary/aromatic N) is 1. The Morgan fingerprint density at radius 2 is 1.35 bits per heavy atom. The number of ether oxygens (including phenoxy) is 2. The van der Waals surface area contributed by atoms with Crippen molar-refractivity contribution in [3.8, 4) is 5.75 Å². The van der Waals surface area contributed by atoms with Crippen LogP contribution in [0.15, 0.2) is 72.8 Å². The molecule has 1 aromatic heterocycles. The minimum atomic E-state index is -0.573.